The fourth-order valence-corrected chi connectivity index (χ4v) is 4.85. The van der Waals surface area contributed by atoms with Gasteiger partial charge >= 0.3 is 17.9 Å². The summed E-state index contributed by atoms with van der Waals surface area (Å²) in [5.74, 6) is -5.91. The van der Waals surface area contributed by atoms with Crippen LogP contribution in [0.4, 0.5) is 10.1 Å². The van der Waals surface area contributed by atoms with Crippen molar-refractivity contribution in [1.29, 1.82) is 5.26 Å². The Labute approximate surface area is 255 Å². The number of aryl methyl sites for hydroxylation is 1. The highest BCUT2D eigenvalue weighted by molar-refractivity contribution is 7.89. The molecule has 0 spiro atoms. The zero-order valence-electron chi connectivity index (χ0n) is 24.2. The number of nitrogens with zero attached hydrogens (tertiary/aromatic N) is 2. The van der Waals surface area contributed by atoms with Crippen molar-refractivity contribution < 1.29 is 51.0 Å². The van der Waals surface area contributed by atoms with Crippen LogP contribution in [-0.4, -0.2) is 55.8 Å². The maximum Gasteiger partial charge on any atom is 0.308 e. The summed E-state index contributed by atoms with van der Waals surface area (Å²) in [5, 5.41) is 13.9. The van der Waals surface area contributed by atoms with E-state index in [2.05, 4.69) is 15.4 Å². The molecule has 3 aromatic rings. The summed E-state index contributed by atoms with van der Waals surface area (Å²) in [5.41, 5.74) is -0.398. The second-order valence-electron chi connectivity index (χ2n) is 9.17. The van der Waals surface area contributed by atoms with E-state index in [1.54, 1.807) is 6.07 Å². The largest absolute Gasteiger partial charge is 0.423 e. The first kappa shape index (κ1) is 33.9. The molecule has 17 heteroatoms. The van der Waals surface area contributed by atoms with Crippen LogP contribution in [0.15, 0.2) is 47.5 Å². The van der Waals surface area contributed by atoms with Crippen LogP contribution in [0.3, 0.4) is 0 Å². The second-order valence-corrected chi connectivity index (χ2v) is 10.9. The highest BCUT2D eigenvalue weighted by Crippen LogP contribution is 2.39. The number of sulfonamides is 1. The average molecular weight is 644 g/mol. The molecular formula is C28H26FN5O10S. The van der Waals surface area contributed by atoms with Gasteiger partial charge in [-0.3, -0.25) is 24.0 Å². The molecule has 0 saturated heterocycles. The van der Waals surface area contributed by atoms with Gasteiger partial charge in [0.05, 0.1) is 5.56 Å². The van der Waals surface area contributed by atoms with Crippen molar-refractivity contribution >= 4 is 45.4 Å². The smallest absolute Gasteiger partial charge is 0.308 e. The topological polar surface area (TPSA) is 212 Å². The Morgan fingerprint density at radius 1 is 0.889 bits per heavy atom. The van der Waals surface area contributed by atoms with Gasteiger partial charge in [0.2, 0.25) is 15.8 Å². The fraction of sp³-hybridized carbons (Fsp3) is 0.214. The summed E-state index contributed by atoms with van der Waals surface area (Å²) in [7, 11) is -2.73. The van der Waals surface area contributed by atoms with Gasteiger partial charge in [-0.05, 0) is 36.4 Å². The minimum atomic E-state index is -4.16. The third-order valence-electron chi connectivity index (χ3n) is 5.61. The van der Waals surface area contributed by atoms with Crippen LogP contribution in [0.2, 0.25) is 0 Å². The molecule has 1 heterocycles. The quantitative estimate of drug-likeness (QED) is 0.156. The fourth-order valence-electron chi connectivity index (χ4n) is 3.75. The Bertz CT molecular complexity index is 1810. The normalized spacial score (nSPS) is 10.8. The van der Waals surface area contributed by atoms with Crippen LogP contribution in [0.25, 0.3) is 0 Å². The number of hydrogen-bond acceptors (Lipinski definition) is 11. The van der Waals surface area contributed by atoms with Gasteiger partial charge in [0.15, 0.2) is 11.5 Å². The molecule has 0 fully saturated rings. The van der Waals surface area contributed by atoms with Crippen LogP contribution < -0.4 is 29.6 Å². The number of esters is 3. The number of nitriles is 1. The van der Waals surface area contributed by atoms with Crippen molar-refractivity contribution in [2.75, 3.05) is 18.4 Å². The van der Waals surface area contributed by atoms with E-state index in [1.165, 1.54) is 23.9 Å². The van der Waals surface area contributed by atoms with Gasteiger partial charge in [0.1, 0.15) is 22.5 Å². The monoisotopic (exact) mass is 643 g/mol. The lowest BCUT2D eigenvalue weighted by Crippen LogP contribution is -2.34. The summed E-state index contributed by atoms with van der Waals surface area (Å²) < 4.78 is 57.8. The number of rotatable bonds is 11. The minimum Gasteiger partial charge on any atom is -0.423 e. The van der Waals surface area contributed by atoms with Crippen LogP contribution in [-0.2, 0) is 31.5 Å². The Morgan fingerprint density at radius 2 is 1.49 bits per heavy atom. The molecule has 0 saturated carbocycles. The lowest BCUT2D eigenvalue weighted by Gasteiger charge is -2.15. The van der Waals surface area contributed by atoms with Gasteiger partial charge < -0.3 is 29.4 Å². The lowest BCUT2D eigenvalue weighted by molar-refractivity contribution is -0.135. The number of aromatic nitrogens is 1. The first-order chi connectivity index (χ1) is 21.1. The van der Waals surface area contributed by atoms with Crippen LogP contribution in [0, 0.1) is 17.1 Å². The van der Waals surface area contributed by atoms with Crippen molar-refractivity contribution in [1.82, 2.24) is 14.6 Å². The standard InChI is InChI=1S/C28H26FN5O10S/c1-15(35)42-24-10-18(11-25(43-16(2)36)26(24)44-17(3)37)27(38)31-7-8-32-45(40,41)21-12-23(34(4)14-21)28(39)33-20-5-6-22(29)19(9-20)13-30/h5-6,9-12,14,32H,7-8H2,1-4H3,(H,31,38)(H,33,39). The molecule has 0 radical (unpaired) electrons. The van der Waals surface area contributed by atoms with E-state index >= 15 is 0 Å². The van der Waals surface area contributed by atoms with Crippen molar-refractivity contribution in [3.8, 4) is 23.3 Å². The van der Waals surface area contributed by atoms with E-state index in [0.717, 1.165) is 51.1 Å². The predicted octanol–water partition coefficient (Wildman–Crippen LogP) is 1.77. The molecule has 0 atom stereocenters. The summed E-state index contributed by atoms with van der Waals surface area (Å²) in [6.07, 6.45) is 1.18. The van der Waals surface area contributed by atoms with E-state index in [4.69, 9.17) is 19.5 Å². The SMILES string of the molecule is CC(=O)Oc1cc(C(=O)NCCNS(=O)(=O)c2cc(C(=O)Nc3ccc(F)c(C#N)c3)n(C)c2)cc(OC(C)=O)c1OC(C)=O. The van der Waals surface area contributed by atoms with Gasteiger partial charge in [-0.15, -0.1) is 0 Å². The zero-order valence-corrected chi connectivity index (χ0v) is 25.0. The number of amides is 2. The average Bonchev–Trinajstić information content (AvgIpc) is 3.35. The van der Waals surface area contributed by atoms with Gasteiger partial charge in [0, 0.05) is 58.4 Å². The van der Waals surface area contributed by atoms with E-state index in [0.29, 0.717) is 0 Å². The summed E-state index contributed by atoms with van der Waals surface area (Å²) in [6.45, 7) is 2.64. The number of nitrogens with one attached hydrogen (secondary N) is 3. The molecule has 2 aromatic carbocycles. The number of benzene rings is 2. The molecule has 0 unspecified atom stereocenters. The molecule has 1 aromatic heterocycles. The Morgan fingerprint density at radius 3 is 2.04 bits per heavy atom. The van der Waals surface area contributed by atoms with E-state index in [1.807, 2.05) is 0 Å². The molecule has 236 valence electrons. The molecule has 3 rings (SSSR count). The molecule has 3 N–H and O–H groups in total. The predicted molar refractivity (Wildman–Crippen MR) is 152 cm³/mol. The van der Waals surface area contributed by atoms with Gasteiger partial charge in [0.25, 0.3) is 11.8 Å². The molecule has 2 amide bonds. The number of hydrogen-bond donors (Lipinski definition) is 3. The van der Waals surface area contributed by atoms with Crippen molar-refractivity contribution in [2.45, 2.75) is 25.7 Å². The first-order valence-corrected chi connectivity index (χ1v) is 14.3. The number of ether oxygens (including phenoxy) is 3. The number of halogens is 1. The summed E-state index contributed by atoms with van der Waals surface area (Å²) in [4.78, 5) is 60.0. The van der Waals surface area contributed by atoms with Gasteiger partial charge in [-0.2, -0.15) is 5.26 Å². The van der Waals surface area contributed by atoms with E-state index < -0.39 is 51.3 Å². The molecule has 0 aliphatic rings. The zero-order chi connectivity index (χ0) is 33.5. The molecule has 45 heavy (non-hydrogen) atoms. The maximum absolute atomic E-state index is 13.6. The van der Waals surface area contributed by atoms with Crippen molar-refractivity contribution in [3.05, 3.63) is 65.2 Å². The van der Waals surface area contributed by atoms with Crippen molar-refractivity contribution in [2.24, 2.45) is 7.05 Å². The van der Waals surface area contributed by atoms with Gasteiger partial charge in [-0.25, -0.2) is 17.5 Å². The maximum atomic E-state index is 13.6. The first-order valence-electron chi connectivity index (χ1n) is 12.8. The number of anilines is 1. The molecule has 0 bridgehead atoms. The molecule has 0 aliphatic heterocycles. The van der Waals surface area contributed by atoms with Crippen LogP contribution in [0.5, 0.6) is 17.2 Å². The van der Waals surface area contributed by atoms with E-state index in [9.17, 15) is 36.8 Å². The summed E-state index contributed by atoms with van der Waals surface area (Å²) in [6, 6.07) is 8.27. The Hall–Kier alpha value is -5.60. The van der Waals surface area contributed by atoms with Crippen LogP contribution >= 0.6 is 0 Å². The molecule has 0 aliphatic carbocycles. The van der Waals surface area contributed by atoms with Crippen LogP contribution in [0.1, 0.15) is 47.2 Å². The van der Waals surface area contributed by atoms with Gasteiger partial charge in [-0.1, -0.05) is 0 Å². The Kier molecular flexibility index (Phi) is 10.7. The second kappa shape index (κ2) is 14.2. The highest BCUT2D eigenvalue weighted by Gasteiger charge is 2.23. The Balaban J connectivity index is 1.69. The lowest BCUT2D eigenvalue weighted by atomic mass is 10.1. The minimum absolute atomic E-state index is 0.0594. The van der Waals surface area contributed by atoms with E-state index in [-0.39, 0.29) is 52.0 Å². The highest BCUT2D eigenvalue weighted by atomic mass is 32.2. The molecule has 15 nitrogen and oxygen atoms in total. The third kappa shape index (κ3) is 8.95. The third-order valence-corrected chi connectivity index (χ3v) is 7.03. The number of carbonyl (C=O) groups is 5. The molecular weight excluding hydrogens is 617 g/mol. The van der Waals surface area contributed by atoms with Crippen molar-refractivity contribution in [3.63, 3.8) is 0 Å². The summed E-state index contributed by atoms with van der Waals surface area (Å²) >= 11 is 0. The number of carbonyl (C=O) groups excluding carboxylic acids is 5.